The van der Waals surface area contributed by atoms with Crippen molar-refractivity contribution in [2.24, 2.45) is 0 Å². The quantitative estimate of drug-likeness (QED) is 0.849. The second-order valence-electron chi connectivity index (χ2n) is 7.17. The molecule has 2 aliphatic rings. The molecule has 2 saturated heterocycles. The molecule has 1 spiro atoms. The van der Waals surface area contributed by atoms with E-state index in [0.29, 0.717) is 25.3 Å². The molecule has 0 radical (unpaired) electrons. The fourth-order valence-corrected chi connectivity index (χ4v) is 3.81. The van der Waals surface area contributed by atoms with Gasteiger partial charge in [0, 0.05) is 38.1 Å². The summed E-state index contributed by atoms with van der Waals surface area (Å²) in [4.78, 5) is 22.8. The van der Waals surface area contributed by atoms with Crippen molar-refractivity contribution in [1.82, 2.24) is 14.9 Å². The van der Waals surface area contributed by atoms with Gasteiger partial charge in [-0.25, -0.2) is 0 Å². The van der Waals surface area contributed by atoms with Crippen LogP contribution in [0.5, 0.6) is 5.75 Å². The highest BCUT2D eigenvalue weighted by Gasteiger charge is 2.44. The fourth-order valence-electron chi connectivity index (χ4n) is 3.81. The molecule has 136 valence electrons. The number of ether oxygens (including phenoxy) is 2. The summed E-state index contributed by atoms with van der Waals surface area (Å²) in [5, 5.41) is 0. The number of aryl methyl sites for hydroxylation is 1. The lowest BCUT2D eigenvalue weighted by molar-refractivity contribution is -0.0395. The molecule has 0 bridgehead atoms. The summed E-state index contributed by atoms with van der Waals surface area (Å²) in [6.45, 7) is 3.94. The molecule has 0 aromatic carbocycles. The van der Waals surface area contributed by atoms with E-state index in [-0.39, 0.29) is 17.6 Å². The molecular formula is C20H23N3O3. The minimum atomic E-state index is -0.172. The van der Waals surface area contributed by atoms with Gasteiger partial charge in [-0.3, -0.25) is 14.8 Å². The molecule has 0 saturated carbocycles. The number of nitrogens with zero attached hydrogens (tertiary/aromatic N) is 3. The molecule has 2 fully saturated rings. The first kappa shape index (κ1) is 17.0. The maximum absolute atomic E-state index is 12.7. The molecule has 1 atom stereocenters. The number of piperidine rings is 1. The van der Waals surface area contributed by atoms with Gasteiger partial charge in [0.15, 0.2) is 0 Å². The summed E-state index contributed by atoms with van der Waals surface area (Å²) in [5.41, 5.74) is 1.49. The summed E-state index contributed by atoms with van der Waals surface area (Å²) in [5.74, 6) is 0.829. The summed E-state index contributed by atoms with van der Waals surface area (Å²) in [6, 6.07) is 5.67. The number of rotatable bonds is 3. The van der Waals surface area contributed by atoms with Crippen LogP contribution in [0.2, 0.25) is 0 Å². The summed E-state index contributed by atoms with van der Waals surface area (Å²) in [7, 11) is 0. The van der Waals surface area contributed by atoms with Crippen LogP contribution in [-0.4, -0.2) is 52.2 Å². The topological polar surface area (TPSA) is 64.6 Å². The van der Waals surface area contributed by atoms with Crippen LogP contribution >= 0.6 is 0 Å². The zero-order chi connectivity index (χ0) is 18.0. The van der Waals surface area contributed by atoms with Gasteiger partial charge in [-0.05, 0) is 43.5 Å². The maximum Gasteiger partial charge on any atom is 0.255 e. The number of carbonyl (C=O) groups excluding carboxylic acids is 1. The average Bonchev–Trinajstić information content (AvgIpc) is 3.05. The van der Waals surface area contributed by atoms with Crippen LogP contribution in [0.3, 0.4) is 0 Å². The van der Waals surface area contributed by atoms with Gasteiger partial charge >= 0.3 is 0 Å². The highest BCUT2D eigenvalue weighted by molar-refractivity contribution is 5.94. The van der Waals surface area contributed by atoms with Gasteiger partial charge in [0.05, 0.1) is 24.0 Å². The van der Waals surface area contributed by atoms with Crippen LogP contribution in [0.25, 0.3) is 0 Å². The Hall–Kier alpha value is -2.47. The SMILES string of the molecule is Cc1cncc(C(=O)N2CCC3(CC2)CC(Oc2cccnc2)CO3)c1. The van der Waals surface area contributed by atoms with Crippen molar-refractivity contribution in [2.75, 3.05) is 19.7 Å². The Morgan fingerprint density at radius 2 is 2.12 bits per heavy atom. The lowest BCUT2D eigenvalue weighted by Crippen LogP contribution is -2.46. The van der Waals surface area contributed by atoms with Gasteiger partial charge in [-0.15, -0.1) is 0 Å². The lowest BCUT2D eigenvalue weighted by atomic mass is 9.87. The van der Waals surface area contributed by atoms with Crippen molar-refractivity contribution in [2.45, 2.75) is 37.9 Å². The zero-order valence-corrected chi connectivity index (χ0v) is 14.9. The number of aromatic nitrogens is 2. The van der Waals surface area contributed by atoms with Gasteiger partial charge < -0.3 is 14.4 Å². The smallest absolute Gasteiger partial charge is 0.255 e. The number of pyridine rings is 2. The molecule has 6 heteroatoms. The summed E-state index contributed by atoms with van der Waals surface area (Å²) < 4.78 is 12.1. The van der Waals surface area contributed by atoms with E-state index in [2.05, 4.69) is 9.97 Å². The molecule has 4 rings (SSSR count). The number of hydrogen-bond donors (Lipinski definition) is 0. The first-order valence-corrected chi connectivity index (χ1v) is 9.05. The second-order valence-corrected chi connectivity index (χ2v) is 7.17. The monoisotopic (exact) mass is 353 g/mol. The molecule has 0 aliphatic carbocycles. The minimum Gasteiger partial charge on any atom is -0.486 e. The van der Waals surface area contributed by atoms with E-state index >= 15 is 0 Å². The van der Waals surface area contributed by atoms with Crippen LogP contribution in [0.4, 0.5) is 0 Å². The van der Waals surface area contributed by atoms with E-state index < -0.39 is 0 Å². The third-order valence-electron chi connectivity index (χ3n) is 5.20. The number of carbonyl (C=O) groups is 1. The number of amides is 1. The Labute approximate surface area is 153 Å². The van der Waals surface area contributed by atoms with E-state index in [1.165, 1.54) is 0 Å². The Morgan fingerprint density at radius 1 is 1.27 bits per heavy atom. The summed E-state index contributed by atoms with van der Waals surface area (Å²) in [6.07, 6.45) is 9.44. The normalized spacial score (nSPS) is 21.7. The molecule has 2 aromatic rings. The largest absolute Gasteiger partial charge is 0.486 e. The molecule has 2 aromatic heterocycles. The van der Waals surface area contributed by atoms with E-state index in [9.17, 15) is 4.79 Å². The average molecular weight is 353 g/mol. The number of hydrogen-bond acceptors (Lipinski definition) is 5. The lowest BCUT2D eigenvalue weighted by Gasteiger charge is -2.38. The predicted molar refractivity (Wildman–Crippen MR) is 96.1 cm³/mol. The molecule has 0 N–H and O–H groups in total. The Balaban J connectivity index is 1.34. The second kappa shape index (κ2) is 7.03. The first-order chi connectivity index (χ1) is 12.6. The van der Waals surface area contributed by atoms with E-state index in [1.807, 2.05) is 30.0 Å². The van der Waals surface area contributed by atoms with Crippen LogP contribution in [0.15, 0.2) is 43.0 Å². The van der Waals surface area contributed by atoms with Gasteiger partial charge in [0.2, 0.25) is 0 Å². The fraction of sp³-hybridized carbons (Fsp3) is 0.450. The summed E-state index contributed by atoms with van der Waals surface area (Å²) >= 11 is 0. The van der Waals surface area contributed by atoms with Gasteiger partial charge in [-0.2, -0.15) is 0 Å². The molecule has 26 heavy (non-hydrogen) atoms. The standard InChI is InChI=1S/C20H23N3O3/c1-15-9-16(12-22-11-15)19(24)23-7-4-20(5-8-23)10-18(14-25-20)26-17-3-2-6-21-13-17/h2-3,6,9,11-13,18H,4-5,7-8,10,14H2,1H3. The number of likely N-dealkylation sites (tertiary alicyclic amines) is 1. The van der Waals surface area contributed by atoms with Crippen molar-refractivity contribution in [3.63, 3.8) is 0 Å². The van der Waals surface area contributed by atoms with Crippen molar-refractivity contribution >= 4 is 5.91 Å². The van der Waals surface area contributed by atoms with Crippen molar-refractivity contribution in [3.8, 4) is 5.75 Å². The van der Waals surface area contributed by atoms with Crippen molar-refractivity contribution < 1.29 is 14.3 Å². The predicted octanol–water partition coefficient (Wildman–Crippen LogP) is 2.63. The van der Waals surface area contributed by atoms with Crippen LogP contribution < -0.4 is 4.74 Å². The molecule has 1 unspecified atom stereocenters. The third-order valence-corrected chi connectivity index (χ3v) is 5.20. The molecule has 6 nitrogen and oxygen atoms in total. The minimum absolute atomic E-state index is 0.0439. The van der Waals surface area contributed by atoms with Gasteiger partial charge in [0.1, 0.15) is 11.9 Å². The van der Waals surface area contributed by atoms with Crippen LogP contribution in [-0.2, 0) is 4.74 Å². The van der Waals surface area contributed by atoms with E-state index in [1.54, 1.807) is 24.8 Å². The van der Waals surface area contributed by atoms with Crippen LogP contribution in [0, 0.1) is 6.92 Å². The van der Waals surface area contributed by atoms with Crippen molar-refractivity contribution in [3.05, 3.63) is 54.1 Å². The molecular weight excluding hydrogens is 330 g/mol. The van der Waals surface area contributed by atoms with E-state index in [0.717, 1.165) is 30.6 Å². The highest BCUT2D eigenvalue weighted by atomic mass is 16.6. The maximum atomic E-state index is 12.7. The third kappa shape index (κ3) is 3.55. The Bertz CT molecular complexity index is 773. The molecule has 1 amide bonds. The Morgan fingerprint density at radius 3 is 2.85 bits per heavy atom. The van der Waals surface area contributed by atoms with Crippen molar-refractivity contribution in [1.29, 1.82) is 0 Å². The molecule has 4 heterocycles. The van der Waals surface area contributed by atoms with E-state index in [4.69, 9.17) is 9.47 Å². The van der Waals surface area contributed by atoms with Gasteiger partial charge in [-0.1, -0.05) is 0 Å². The highest BCUT2D eigenvalue weighted by Crippen LogP contribution is 2.37. The van der Waals surface area contributed by atoms with Crippen LogP contribution in [0.1, 0.15) is 35.2 Å². The zero-order valence-electron chi connectivity index (χ0n) is 14.9. The first-order valence-electron chi connectivity index (χ1n) is 9.05. The molecule has 2 aliphatic heterocycles. The van der Waals surface area contributed by atoms with Gasteiger partial charge in [0.25, 0.3) is 5.91 Å². The Kier molecular flexibility index (Phi) is 4.59.